The average Bonchev–Trinajstić information content (AvgIpc) is 3.17. The van der Waals surface area contributed by atoms with E-state index in [1.165, 1.54) is 12.1 Å². The Morgan fingerprint density at radius 2 is 1.87 bits per heavy atom. The van der Waals surface area contributed by atoms with Crippen LogP contribution in [0.3, 0.4) is 0 Å². The van der Waals surface area contributed by atoms with Crippen LogP contribution in [0, 0.1) is 5.82 Å². The van der Waals surface area contributed by atoms with E-state index in [-0.39, 0.29) is 24.2 Å². The molecule has 1 N–H and O–H groups in total. The van der Waals surface area contributed by atoms with Crippen LogP contribution >= 0.6 is 0 Å². The summed E-state index contributed by atoms with van der Waals surface area (Å²) in [5, 5.41) is 2.93. The third-order valence-corrected chi connectivity index (χ3v) is 4.91. The molecular formula is C17H23BFNO3. The van der Waals surface area contributed by atoms with E-state index in [1.807, 2.05) is 27.7 Å². The monoisotopic (exact) mass is 319 g/mol. The van der Waals surface area contributed by atoms with Crippen molar-refractivity contribution >= 4 is 18.5 Å². The van der Waals surface area contributed by atoms with Crippen LogP contribution in [0.4, 0.5) is 4.39 Å². The summed E-state index contributed by atoms with van der Waals surface area (Å²) in [6.45, 7) is 7.87. The highest BCUT2D eigenvalue weighted by Crippen LogP contribution is 2.36. The third-order valence-electron chi connectivity index (χ3n) is 4.91. The van der Waals surface area contributed by atoms with Crippen molar-refractivity contribution in [1.82, 2.24) is 5.32 Å². The van der Waals surface area contributed by atoms with Gasteiger partial charge in [-0.3, -0.25) is 4.79 Å². The lowest BCUT2D eigenvalue weighted by Gasteiger charge is -2.32. The first-order valence-corrected chi connectivity index (χ1v) is 8.11. The molecule has 6 heteroatoms. The summed E-state index contributed by atoms with van der Waals surface area (Å²) in [7, 11) is -0.593. The van der Waals surface area contributed by atoms with E-state index in [4.69, 9.17) is 9.31 Å². The van der Waals surface area contributed by atoms with Gasteiger partial charge >= 0.3 is 7.12 Å². The second-order valence-electron chi connectivity index (χ2n) is 7.45. The molecule has 2 fully saturated rings. The number of carbonyl (C=O) groups excluding carboxylic acids is 1. The fourth-order valence-electron chi connectivity index (χ4n) is 2.61. The largest absolute Gasteiger partial charge is 0.495 e. The molecule has 4 nitrogen and oxygen atoms in total. The highest BCUT2D eigenvalue weighted by atomic mass is 19.1. The van der Waals surface area contributed by atoms with Gasteiger partial charge in [0.2, 0.25) is 5.91 Å². The van der Waals surface area contributed by atoms with E-state index < -0.39 is 18.3 Å². The Bertz CT molecular complexity index is 612. The normalized spacial score (nSPS) is 22.2. The number of amides is 1. The van der Waals surface area contributed by atoms with Crippen LogP contribution in [0.25, 0.3) is 0 Å². The number of halogens is 1. The molecule has 0 bridgehead atoms. The molecule has 1 saturated carbocycles. The standard InChI is InChI=1S/C17H23BFNO3/c1-16(2)17(3,4)23-18(22-16)14-8-5-12(19)9-11(14)10-15(21)20-13-6-7-13/h5,8-9,13H,6-7,10H2,1-4H3,(H,20,21). The molecule has 1 amide bonds. The zero-order valence-electron chi connectivity index (χ0n) is 14.1. The average molecular weight is 319 g/mol. The lowest BCUT2D eigenvalue weighted by atomic mass is 9.75. The van der Waals surface area contributed by atoms with Crippen LogP contribution < -0.4 is 10.8 Å². The lowest BCUT2D eigenvalue weighted by Crippen LogP contribution is -2.41. The lowest BCUT2D eigenvalue weighted by molar-refractivity contribution is -0.120. The van der Waals surface area contributed by atoms with E-state index in [2.05, 4.69) is 5.32 Å². The quantitative estimate of drug-likeness (QED) is 0.863. The van der Waals surface area contributed by atoms with Gasteiger partial charge in [-0.1, -0.05) is 6.07 Å². The molecule has 1 aromatic rings. The van der Waals surface area contributed by atoms with Gasteiger partial charge in [-0.05, 0) is 63.7 Å². The predicted molar refractivity (Wildman–Crippen MR) is 87.0 cm³/mol. The maximum absolute atomic E-state index is 13.7. The number of hydrogen-bond acceptors (Lipinski definition) is 3. The molecule has 0 spiro atoms. The summed E-state index contributed by atoms with van der Waals surface area (Å²) in [5.41, 5.74) is 0.386. The maximum Gasteiger partial charge on any atom is 0.495 e. The topological polar surface area (TPSA) is 47.6 Å². The van der Waals surface area contributed by atoms with Gasteiger partial charge in [-0.2, -0.15) is 0 Å². The molecular weight excluding hydrogens is 296 g/mol. The number of hydrogen-bond donors (Lipinski definition) is 1. The summed E-state index contributed by atoms with van der Waals surface area (Å²) in [4.78, 5) is 12.1. The third kappa shape index (κ3) is 3.43. The Labute approximate surface area is 136 Å². The van der Waals surface area contributed by atoms with Gasteiger partial charge in [0.05, 0.1) is 17.6 Å². The van der Waals surface area contributed by atoms with Crippen LogP contribution in [0.2, 0.25) is 0 Å². The van der Waals surface area contributed by atoms with Crippen LogP contribution in [0.1, 0.15) is 46.1 Å². The molecule has 1 heterocycles. The molecule has 124 valence electrons. The van der Waals surface area contributed by atoms with Crippen molar-refractivity contribution in [3.8, 4) is 0 Å². The van der Waals surface area contributed by atoms with E-state index in [9.17, 15) is 9.18 Å². The van der Waals surface area contributed by atoms with Crippen molar-refractivity contribution in [2.24, 2.45) is 0 Å². The van der Waals surface area contributed by atoms with E-state index in [0.29, 0.717) is 5.56 Å². The Morgan fingerprint density at radius 1 is 1.26 bits per heavy atom. The van der Waals surface area contributed by atoms with Crippen molar-refractivity contribution in [3.63, 3.8) is 0 Å². The first-order chi connectivity index (χ1) is 10.7. The second kappa shape index (κ2) is 5.60. The van der Waals surface area contributed by atoms with Crippen LogP contribution in [-0.4, -0.2) is 30.3 Å². The highest BCUT2D eigenvalue weighted by Gasteiger charge is 2.52. The molecule has 1 aliphatic carbocycles. The van der Waals surface area contributed by atoms with Gasteiger partial charge in [-0.15, -0.1) is 0 Å². The molecule has 1 aliphatic heterocycles. The number of rotatable bonds is 4. The first kappa shape index (κ1) is 16.5. The van der Waals surface area contributed by atoms with Gasteiger partial charge in [-0.25, -0.2) is 4.39 Å². The van der Waals surface area contributed by atoms with Crippen molar-refractivity contribution < 1.29 is 18.5 Å². The van der Waals surface area contributed by atoms with Crippen molar-refractivity contribution in [2.75, 3.05) is 0 Å². The molecule has 0 atom stereocenters. The molecule has 2 aliphatic rings. The summed E-state index contributed by atoms with van der Waals surface area (Å²) in [5.74, 6) is -0.449. The van der Waals surface area contributed by atoms with Gasteiger partial charge in [0.15, 0.2) is 0 Å². The van der Waals surface area contributed by atoms with Crippen molar-refractivity contribution in [1.29, 1.82) is 0 Å². The molecule has 0 aromatic heterocycles. The molecule has 0 unspecified atom stereocenters. The van der Waals surface area contributed by atoms with Gasteiger partial charge < -0.3 is 14.6 Å². The van der Waals surface area contributed by atoms with Crippen LogP contribution in [0.5, 0.6) is 0 Å². The first-order valence-electron chi connectivity index (χ1n) is 8.11. The Hall–Kier alpha value is -1.40. The number of benzene rings is 1. The van der Waals surface area contributed by atoms with E-state index >= 15 is 0 Å². The van der Waals surface area contributed by atoms with Crippen LogP contribution in [-0.2, 0) is 20.5 Å². The summed E-state index contributed by atoms with van der Waals surface area (Å²) >= 11 is 0. The maximum atomic E-state index is 13.7. The predicted octanol–water partition coefficient (Wildman–Crippen LogP) is 1.95. The van der Waals surface area contributed by atoms with Crippen LogP contribution in [0.15, 0.2) is 18.2 Å². The Kier molecular flexibility index (Phi) is 4.01. The van der Waals surface area contributed by atoms with Gasteiger partial charge in [0.1, 0.15) is 5.82 Å². The van der Waals surface area contributed by atoms with Gasteiger partial charge in [0, 0.05) is 6.04 Å². The smallest absolute Gasteiger partial charge is 0.399 e. The zero-order chi connectivity index (χ0) is 16.8. The fraction of sp³-hybridized carbons (Fsp3) is 0.588. The zero-order valence-corrected chi connectivity index (χ0v) is 14.1. The minimum atomic E-state index is -0.593. The Balaban J connectivity index is 1.83. The number of nitrogens with one attached hydrogen (secondary N) is 1. The minimum absolute atomic E-state index is 0.0872. The second-order valence-corrected chi connectivity index (χ2v) is 7.45. The van der Waals surface area contributed by atoms with Crippen molar-refractivity contribution in [2.45, 2.75) is 64.2 Å². The van der Waals surface area contributed by atoms with Gasteiger partial charge in [0.25, 0.3) is 0 Å². The minimum Gasteiger partial charge on any atom is -0.399 e. The molecule has 3 rings (SSSR count). The summed E-state index contributed by atoms with van der Waals surface area (Å²) in [6.07, 6.45) is 2.19. The SMILES string of the molecule is CC1(C)OB(c2ccc(F)cc2CC(=O)NC2CC2)OC1(C)C. The Morgan fingerprint density at radius 3 is 2.43 bits per heavy atom. The van der Waals surface area contributed by atoms with E-state index in [0.717, 1.165) is 18.3 Å². The molecule has 23 heavy (non-hydrogen) atoms. The van der Waals surface area contributed by atoms with E-state index in [1.54, 1.807) is 6.07 Å². The fourth-order valence-corrected chi connectivity index (χ4v) is 2.61. The summed E-state index contributed by atoms with van der Waals surface area (Å²) < 4.78 is 25.7. The molecule has 1 saturated heterocycles. The molecule has 0 radical (unpaired) electrons. The molecule has 1 aromatic carbocycles. The summed E-state index contributed by atoms with van der Waals surface area (Å²) in [6, 6.07) is 4.71. The van der Waals surface area contributed by atoms with Crippen molar-refractivity contribution in [3.05, 3.63) is 29.6 Å². The highest BCUT2D eigenvalue weighted by molar-refractivity contribution is 6.62. The number of carbonyl (C=O) groups is 1.